The van der Waals surface area contributed by atoms with Crippen LogP contribution >= 0.6 is 27.3 Å². The summed E-state index contributed by atoms with van der Waals surface area (Å²) in [7, 11) is 0. The van der Waals surface area contributed by atoms with Crippen LogP contribution in [0.15, 0.2) is 15.9 Å². The van der Waals surface area contributed by atoms with Gasteiger partial charge in [-0.05, 0) is 53.3 Å². The SMILES string of the molecule is NC1CCN(Cc2sccc2Br)CC1. The number of nitrogens with zero attached hydrogens (tertiary/aromatic N) is 1. The number of thiophene rings is 1. The third kappa shape index (κ3) is 2.57. The van der Waals surface area contributed by atoms with Crippen molar-refractivity contribution in [2.24, 2.45) is 5.73 Å². The molecule has 0 atom stereocenters. The van der Waals surface area contributed by atoms with Crippen molar-refractivity contribution < 1.29 is 0 Å². The van der Waals surface area contributed by atoms with E-state index in [1.807, 2.05) is 11.3 Å². The first-order valence-corrected chi connectivity index (χ1v) is 6.63. The second-order valence-electron chi connectivity index (χ2n) is 3.81. The zero-order valence-corrected chi connectivity index (χ0v) is 10.5. The van der Waals surface area contributed by atoms with Crippen LogP contribution in [-0.2, 0) is 6.54 Å². The van der Waals surface area contributed by atoms with Gasteiger partial charge in [0.15, 0.2) is 0 Å². The first-order valence-electron chi connectivity index (χ1n) is 4.95. The summed E-state index contributed by atoms with van der Waals surface area (Å²) in [6.45, 7) is 3.36. The molecule has 1 fully saturated rings. The minimum atomic E-state index is 0.429. The molecule has 14 heavy (non-hydrogen) atoms. The number of nitrogens with two attached hydrogens (primary N) is 1. The fourth-order valence-corrected chi connectivity index (χ4v) is 3.27. The van der Waals surface area contributed by atoms with Crippen molar-refractivity contribution in [1.82, 2.24) is 4.90 Å². The molecule has 0 radical (unpaired) electrons. The summed E-state index contributed by atoms with van der Waals surface area (Å²) >= 11 is 5.39. The maximum atomic E-state index is 5.87. The lowest BCUT2D eigenvalue weighted by Crippen LogP contribution is -2.39. The van der Waals surface area contributed by atoms with E-state index in [-0.39, 0.29) is 0 Å². The highest BCUT2D eigenvalue weighted by molar-refractivity contribution is 9.10. The molecule has 2 rings (SSSR count). The molecule has 0 aliphatic carbocycles. The number of hydrogen-bond acceptors (Lipinski definition) is 3. The van der Waals surface area contributed by atoms with Crippen LogP contribution in [0.4, 0.5) is 0 Å². The first kappa shape index (κ1) is 10.6. The van der Waals surface area contributed by atoms with E-state index in [9.17, 15) is 0 Å². The van der Waals surface area contributed by atoms with Gasteiger partial charge < -0.3 is 5.73 Å². The number of rotatable bonds is 2. The van der Waals surface area contributed by atoms with Crippen molar-refractivity contribution in [1.29, 1.82) is 0 Å². The zero-order chi connectivity index (χ0) is 9.97. The summed E-state index contributed by atoms with van der Waals surface area (Å²) in [4.78, 5) is 3.92. The van der Waals surface area contributed by atoms with Crippen LogP contribution in [0.2, 0.25) is 0 Å². The van der Waals surface area contributed by atoms with E-state index in [1.54, 1.807) is 0 Å². The Morgan fingerprint density at radius 3 is 2.79 bits per heavy atom. The van der Waals surface area contributed by atoms with Gasteiger partial charge in [0.1, 0.15) is 0 Å². The van der Waals surface area contributed by atoms with Crippen LogP contribution in [-0.4, -0.2) is 24.0 Å². The second kappa shape index (κ2) is 4.75. The predicted molar refractivity (Wildman–Crippen MR) is 64.5 cm³/mol. The smallest absolute Gasteiger partial charge is 0.0339 e. The molecule has 0 unspecified atom stereocenters. The number of hydrogen-bond donors (Lipinski definition) is 1. The maximum absolute atomic E-state index is 5.87. The predicted octanol–water partition coefficient (Wildman–Crippen LogP) is 2.43. The highest BCUT2D eigenvalue weighted by atomic mass is 79.9. The van der Waals surface area contributed by atoms with Crippen molar-refractivity contribution >= 4 is 27.3 Å². The topological polar surface area (TPSA) is 29.3 Å². The van der Waals surface area contributed by atoms with Crippen LogP contribution < -0.4 is 5.73 Å². The molecule has 4 heteroatoms. The van der Waals surface area contributed by atoms with Crippen LogP contribution in [0.1, 0.15) is 17.7 Å². The standard InChI is InChI=1S/C10H15BrN2S/c11-9-3-6-14-10(9)7-13-4-1-8(12)2-5-13/h3,6,8H,1-2,4-5,7,12H2. The third-order valence-electron chi connectivity index (χ3n) is 2.69. The molecule has 0 spiro atoms. The molecule has 0 amide bonds. The van der Waals surface area contributed by atoms with Crippen LogP contribution in [0, 0.1) is 0 Å². The molecule has 2 heterocycles. The van der Waals surface area contributed by atoms with Crippen LogP contribution in [0.3, 0.4) is 0 Å². The monoisotopic (exact) mass is 274 g/mol. The van der Waals surface area contributed by atoms with Gasteiger partial charge in [0.25, 0.3) is 0 Å². The molecule has 2 N–H and O–H groups in total. The maximum Gasteiger partial charge on any atom is 0.0339 e. The molecule has 1 aliphatic heterocycles. The third-order valence-corrected chi connectivity index (χ3v) is 4.60. The van der Waals surface area contributed by atoms with Gasteiger partial charge in [0, 0.05) is 21.9 Å². The van der Waals surface area contributed by atoms with E-state index in [4.69, 9.17) is 5.73 Å². The van der Waals surface area contributed by atoms with Crippen molar-refractivity contribution in [3.63, 3.8) is 0 Å². The summed E-state index contributed by atoms with van der Waals surface area (Å²) < 4.78 is 1.25. The Labute approximate surface area is 97.2 Å². The molecular formula is C10H15BrN2S. The van der Waals surface area contributed by atoms with E-state index < -0.39 is 0 Å². The van der Waals surface area contributed by atoms with E-state index in [1.165, 1.54) is 9.35 Å². The van der Waals surface area contributed by atoms with Crippen molar-refractivity contribution in [2.75, 3.05) is 13.1 Å². The molecule has 0 aromatic carbocycles. The Kier molecular flexibility index (Phi) is 3.60. The molecule has 0 bridgehead atoms. The Morgan fingerprint density at radius 2 is 2.21 bits per heavy atom. The largest absolute Gasteiger partial charge is 0.328 e. The Balaban J connectivity index is 1.89. The van der Waals surface area contributed by atoms with Gasteiger partial charge in [-0.25, -0.2) is 0 Å². The lowest BCUT2D eigenvalue weighted by Gasteiger charge is -2.29. The van der Waals surface area contributed by atoms with Crippen molar-refractivity contribution in [3.8, 4) is 0 Å². The summed E-state index contributed by atoms with van der Waals surface area (Å²) in [5.41, 5.74) is 5.87. The van der Waals surface area contributed by atoms with Gasteiger partial charge in [-0.2, -0.15) is 0 Å². The average molecular weight is 275 g/mol. The number of likely N-dealkylation sites (tertiary alicyclic amines) is 1. The van der Waals surface area contributed by atoms with Gasteiger partial charge in [0.2, 0.25) is 0 Å². The molecule has 2 nitrogen and oxygen atoms in total. The molecular weight excluding hydrogens is 260 g/mol. The Hall–Kier alpha value is 0.100. The van der Waals surface area contributed by atoms with Crippen LogP contribution in [0.25, 0.3) is 0 Å². The number of piperidine rings is 1. The second-order valence-corrected chi connectivity index (χ2v) is 5.66. The van der Waals surface area contributed by atoms with Crippen molar-refractivity contribution in [2.45, 2.75) is 25.4 Å². The Morgan fingerprint density at radius 1 is 1.50 bits per heavy atom. The molecule has 1 aromatic rings. The lowest BCUT2D eigenvalue weighted by molar-refractivity contribution is 0.207. The van der Waals surface area contributed by atoms with Gasteiger partial charge in [0.05, 0.1) is 0 Å². The minimum absolute atomic E-state index is 0.429. The molecule has 1 saturated heterocycles. The number of halogens is 1. The normalized spacial score (nSPS) is 20.1. The minimum Gasteiger partial charge on any atom is -0.328 e. The fourth-order valence-electron chi connectivity index (χ4n) is 1.75. The highest BCUT2D eigenvalue weighted by Crippen LogP contribution is 2.25. The average Bonchev–Trinajstić information content (AvgIpc) is 2.56. The highest BCUT2D eigenvalue weighted by Gasteiger charge is 2.16. The quantitative estimate of drug-likeness (QED) is 0.898. The molecule has 78 valence electrons. The molecule has 1 aromatic heterocycles. The summed E-state index contributed by atoms with van der Waals surface area (Å²) in [5, 5.41) is 2.13. The first-order chi connectivity index (χ1) is 6.75. The van der Waals surface area contributed by atoms with Crippen molar-refractivity contribution in [3.05, 3.63) is 20.8 Å². The summed E-state index contributed by atoms with van der Waals surface area (Å²) in [6, 6.07) is 2.55. The molecule has 1 aliphatic rings. The molecule has 0 saturated carbocycles. The Bertz CT molecular complexity index is 292. The van der Waals surface area contributed by atoms with E-state index >= 15 is 0 Å². The van der Waals surface area contributed by atoms with E-state index in [2.05, 4.69) is 32.3 Å². The zero-order valence-electron chi connectivity index (χ0n) is 8.08. The van der Waals surface area contributed by atoms with E-state index in [0.29, 0.717) is 6.04 Å². The lowest BCUT2D eigenvalue weighted by atomic mass is 10.1. The fraction of sp³-hybridized carbons (Fsp3) is 0.600. The summed E-state index contributed by atoms with van der Waals surface area (Å²) in [5.74, 6) is 0. The van der Waals surface area contributed by atoms with Gasteiger partial charge in [-0.1, -0.05) is 0 Å². The summed E-state index contributed by atoms with van der Waals surface area (Å²) in [6.07, 6.45) is 2.28. The van der Waals surface area contributed by atoms with Crippen LogP contribution in [0.5, 0.6) is 0 Å². The van der Waals surface area contributed by atoms with Gasteiger partial charge in [-0.3, -0.25) is 4.90 Å². The van der Waals surface area contributed by atoms with Gasteiger partial charge >= 0.3 is 0 Å². The van der Waals surface area contributed by atoms with E-state index in [0.717, 1.165) is 32.5 Å². The van der Waals surface area contributed by atoms with Gasteiger partial charge in [-0.15, -0.1) is 11.3 Å².